The van der Waals surface area contributed by atoms with Crippen LogP contribution in [0.25, 0.3) is 0 Å². The average molecular weight is 206 g/mol. The molecule has 1 aliphatic rings. The minimum Gasteiger partial charge on any atom is -0.494 e. The second-order valence-corrected chi connectivity index (χ2v) is 4.05. The van der Waals surface area contributed by atoms with E-state index in [1.165, 1.54) is 0 Å². The van der Waals surface area contributed by atoms with Crippen LogP contribution in [-0.4, -0.2) is 31.0 Å². The number of ether oxygens (including phenoxy) is 1. The highest BCUT2D eigenvalue weighted by Crippen LogP contribution is 2.29. The third-order valence-electron chi connectivity index (χ3n) is 2.78. The summed E-state index contributed by atoms with van der Waals surface area (Å²) in [6, 6.07) is 3.52. The van der Waals surface area contributed by atoms with Gasteiger partial charge in [0.05, 0.1) is 12.5 Å². The van der Waals surface area contributed by atoms with Gasteiger partial charge in [0.2, 0.25) is 0 Å². The summed E-state index contributed by atoms with van der Waals surface area (Å²) in [4.78, 5) is 16.2. The van der Waals surface area contributed by atoms with E-state index in [0.717, 1.165) is 0 Å². The molecule has 0 spiro atoms. The number of aromatic nitrogens is 1. The maximum atomic E-state index is 12.1. The highest BCUT2D eigenvalue weighted by molar-refractivity contribution is 6.01. The lowest BCUT2D eigenvalue weighted by Crippen LogP contribution is -2.56. The second kappa shape index (κ2) is 3.62. The highest BCUT2D eigenvalue weighted by Gasteiger charge is 2.41. The van der Waals surface area contributed by atoms with E-state index in [4.69, 9.17) is 4.74 Å². The Morgan fingerprint density at radius 2 is 2.33 bits per heavy atom. The number of nitrogens with zero attached hydrogens (tertiary/aromatic N) is 1. The van der Waals surface area contributed by atoms with Gasteiger partial charge in [0.25, 0.3) is 0 Å². The molecule has 4 heteroatoms. The summed E-state index contributed by atoms with van der Waals surface area (Å²) in [6.45, 7) is 3.37. The fourth-order valence-electron chi connectivity index (χ4n) is 1.67. The van der Waals surface area contributed by atoms with Crippen LogP contribution in [-0.2, 0) is 0 Å². The molecule has 0 amide bonds. The first-order valence-electron chi connectivity index (χ1n) is 4.92. The van der Waals surface area contributed by atoms with Crippen molar-refractivity contribution in [3.63, 3.8) is 0 Å². The van der Waals surface area contributed by atoms with Gasteiger partial charge >= 0.3 is 0 Å². The van der Waals surface area contributed by atoms with Gasteiger partial charge in [0.15, 0.2) is 5.78 Å². The van der Waals surface area contributed by atoms with E-state index in [0.29, 0.717) is 24.5 Å². The summed E-state index contributed by atoms with van der Waals surface area (Å²) < 4.78 is 5.13. The Labute approximate surface area is 88.7 Å². The van der Waals surface area contributed by atoms with Crippen LogP contribution in [0.15, 0.2) is 18.3 Å². The fraction of sp³-hybridized carbons (Fsp3) is 0.455. The van der Waals surface area contributed by atoms with Crippen molar-refractivity contribution < 1.29 is 9.53 Å². The summed E-state index contributed by atoms with van der Waals surface area (Å²) in [5.74, 6) is 0.606. The molecule has 0 bridgehead atoms. The summed E-state index contributed by atoms with van der Waals surface area (Å²) >= 11 is 0. The number of methoxy groups -OCH3 is 1. The molecule has 1 N–H and O–H groups in total. The zero-order valence-electron chi connectivity index (χ0n) is 8.91. The summed E-state index contributed by atoms with van der Waals surface area (Å²) in [6.07, 6.45) is 1.62. The number of carbonyl (C=O) groups excluding carboxylic acids is 1. The molecule has 2 heterocycles. The topological polar surface area (TPSA) is 51.2 Å². The fourth-order valence-corrected chi connectivity index (χ4v) is 1.67. The number of ketones is 1. The first-order valence-corrected chi connectivity index (χ1v) is 4.92. The van der Waals surface area contributed by atoms with Crippen LogP contribution >= 0.6 is 0 Å². The summed E-state index contributed by atoms with van der Waals surface area (Å²) in [5, 5.41) is 3.10. The normalized spacial score (nSPS) is 18.0. The molecule has 2 rings (SSSR count). The number of carbonyl (C=O) groups is 1. The van der Waals surface area contributed by atoms with Crippen LogP contribution in [0.1, 0.15) is 17.4 Å². The number of hydrogen-bond donors (Lipinski definition) is 1. The lowest BCUT2D eigenvalue weighted by Gasteiger charge is -2.37. The quantitative estimate of drug-likeness (QED) is 0.746. The van der Waals surface area contributed by atoms with Crippen molar-refractivity contribution in [2.24, 2.45) is 5.41 Å². The Kier molecular flexibility index (Phi) is 2.44. The summed E-state index contributed by atoms with van der Waals surface area (Å²) in [5.41, 5.74) is 0.116. The molecule has 15 heavy (non-hydrogen) atoms. The molecule has 80 valence electrons. The van der Waals surface area contributed by atoms with Gasteiger partial charge in [-0.05, 0) is 19.1 Å². The molecule has 0 unspecified atom stereocenters. The van der Waals surface area contributed by atoms with E-state index in [2.05, 4.69) is 10.3 Å². The summed E-state index contributed by atoms with van der Waals surface area (Å²) in [7, 11) is 1.55. The van der Waals surface area contributed by atoms with Gasteiger partial charge in [-0.15, -0.1) is 0 Å². The SMILES string of the molecule is COc1cccnc1C(=O)C1(C)CNC1. The van der Waals surface area contributed by atoms with Crippen molar-refractivity contribution in [3.05, 3.63) is 24.0 Å². The van der Waals surface area contributed by atoms with E-state index >= 15 is 0 Å². The van der Waals surface area contributed by atoms with Crippen LogP contribution in [0.5, 0.6) is 5.75 Å². The largest absolute Gasteiger partial charge is 0.494 e. The number of pyridine rings is 1. The number of Topliss-reactive ketones (excluding diaryl/α,β-unsaturated/α-hetero) is 1. The zero-order valence-corrected chi connectivity index (χ0v) is 8.91. The van der Waals surface area contributed by atoms with Crippen LogP contribution < -0.4 is 10.1 Å². The number of hydrogen-bond acceptors (Lipinski definition) is 4. The van der Waals surface area contributed by atoms with Crippen molar-refractivity contribution in [3.8, 4) is 5.75 Å². The maximum Gasteiger partial charge on any atom is 0.193 e. The van der Waals surface area contributed by atoms with Crippen LogP contribution in [0.3, 0.4) is 0 Å². The van der Waals surface area contributed by atoms with Gasteiger partial charge in [-0.2, -0.15) is 0 Å². The van der Waals surface area contributed by atoms with E-state index in [9.17, 15) is 4.79 Å². The average Bonchev–Trinajstić information content (AvgIpc) is 2.25. The van der Waals surface area contributed by atoms with Crippen LogP contribution in [0, 0.1) is 5.41 Å². The van der Waals surface area contributed by atoms with Crippen molar-refractivity contribution in [2.75, 3.05) is 20.2 Å². The van der Waals surface area contributed by atoms with Crippen molar-refractivity contribution >= 4 is 5.78 Å². The van der Waals surface area contributed by atoms with Crippen LogP contribution in [0.2, 0.25) is 0 Å². The molecule has 0 radical (unpaired) electrons. The molecular weight excluding hydrogens is 192 g/mol. The third-order valence-corrected chi connectivity index (χ3v) is 2.78. The van der Waals surface area contributed by atoms with E-state index in [1.807, 2.05) is 6.92 Å². The lowest BCUT2D eigenvalue weighted by atomic mass is 9.78. The standard InChI is InChI=1S/C11H14N2O2/c1-11(6-12-7-11)10(14)9-8(15-2)4-3-5-13-9/h3-5,12H,6-7H2,1-2H3. The number of rotatable bonds is 3. The second-order valence-electron chi connectivity index (χ2n) is 4.05. The Morgan fingerprint density at radius 1 is 1.60 bits per heavy atom. The van der Waals surface area contributed by atoms with Gasteiger partial charge in [0.1, 0.15) is 11.4 Å². The van der Waals surface area contributed by atoms with Crippen molar-refractivity contribution in [1.29, 1.82) is 0 Å². The molecular formula is C11H14N2O2. The first kappa shape index (κ1) is 10.1. The Morgan fingerprint density at radius 3 is 2.87 bits per heavy atom. The highest BCUT2D eigenvalue weighted by atomic mass is 16.5. The Balaban J connectivity index is 2.32. The maximum absolute atomic E-state index is 12.1. The third kappa shape index (κ3) is 1.61. The zero-order chi connectivity index (χ0) is 10.9. The van der Waals surface area contributed by atoms with E-state index in [1.54, 1.807) is 25.4 Å². The molecule has 4 nitrogen and oxygen atoms in total. The van der Waals surface area contributed by atoms with Crippen LogP contribution in [0.4, 0.5) is 0 Å². The predicted octanol–water partition coefficient (Wildman–Crippen LogP) is 0.882. The molecule has 0 aliphatic carbocycles. The van der Waals surface area contributed by atoms with Gasteiger partial charge in [-0.1, -0.05) is 0 Å². The minimum absolute atomic E-state index is 0.0544. The molecule has 1 aromatic heterocycles. The van der Waals surface area contributed by atoms with E-state index < -0.39 is 0 Å². The van der Waals surface area contributed by atoms with Gasteiger partial charge in [0, 0.05) is 19.3 Å². The molecule has 0 saturated carbocycles. The molecule has 0 atom stereocenters. The van der Waals surface area contributed by atoms with Gasteiger partial charge in [-0.3, -0.25) is 4.79 Å². The van der Waals surface area contributed by atoms with Crippen molar-refractivity contribution in [1.82, 2.24) is 10.3 Å². The molecule has 1 saturated heterocycles. The molecule has 1 aromatic rings. The first-order chi connectivity index (χ1) is 7.17. The van der Waals surface area contributed by atoms with Gasteiger partial charge < -0.3 is 10.1 Å². The van der Waals surface area contributed by atoms with E-state index in [-0.39, 0.29) is 11.2 Å². The Hall–Kier alpha value is -1.42. The minimum atomic E-state index is -0.318. The smallest absolute Gasteiger partial charge is 0.193 e. The molecule has 0 aromatic carbocycles. The van der Waals surface area contributed by atoms with Crippen molar-refractivity contribution in [2.45, 2.75) is 6.92 Å². The Bertz CT molecular complexity index is 386. The molecule has 1 fully saturated rings. The monoisotopic (exact) mass is 206 g/mol. The van der Waals surface area contributed by atoms with Gasteiger partial charge in [-0.25, -0.2) is 4.98 Å². The number of nitrogens with one attached hydrogen (secondary N) is 1. The predicted molar refractivity (Wildman–Crippen MR) is 56.1 cm³/mol. The molecule has 1 aliphatic heterocycles. The lowest BCUT2D eigenvalue weighted by molar-refractivity contribution is 0.0712.